The zero-order valence-electron chi connectivity index (χ0n) is 15.7. The van der Waals surface area contributed by atoms with Gasteiger partial charge in [0.2, 0.25) is 0 Å². The number of aromatic nitrogens is 1. The van der Waals surface area contributed by atoms with E-state index in [9.17, 15) is 8.42 Å². The fourth-order valence-corrected chi connectivity index (χ4v) is 5.12. The van der Waals surface area contributed by atoms with Crippen LogP contribution in [0, 0.1) is 0 Å². The van der Waals surface area contributed by atoms with Crippen molar-refractivity contribution in [1.82, 2.24) is 4.98 Å². The largest absolute Gasteiger partial charge is 0.357 e. The van der Waals surface area contributed by atoms with E-state index in [1.165, 1.54) is 43.2 Å². The first-order valence-corrected chi connectivity index (χ1v) is 11.5. The molecule has 0 saturated carbocycles. The van der Waals surface area contributed by atoms with E-state index in [0.717, 1.165) is 38.2 Å². The van der Waals surface area contributed by atoms with Gasteiger partial charge in [0, 0.05) is 13.1 Å². The van der Waals surface area contributed by atoms with Crippen LogP contribution in [0.15, 0.2) is 41.4 Å². The molecule has 1 fully saturated rings. The van der Waals surface area contributed by atoms with Gasteiger partial charge in [-0.3, -0.25) is 4.72 Å². The zero-order chi connectivity index (χ0) is 18.7. The van der Waals surface area contributed by atoms with Crippen molar-refractivity contribution in [3.05, 3.63) is 47.7 Å². The van der Waals surface area contributed by atoms with Gasteiger partial charge in [-0.1, -0.05) is 18.9 Å². The van der Waals surface area contributed by atoms with Crippen LogP contribution in [-0.2, 0) is 22.9 Å². The number of hydrogen-bond donors (Lipinski definition) is 1. The highest BCUT2D eigenvalue weighted by atomic mass is 32.2. The SMILES string of the molecule is O=S(=O)(Nc1ccc(N2CCCCCC2)nc1)c1ccc2c(c1)CCCC2. The van der Waals surface area contributed by atoms with Crippen LogP contribution in [-0.4, -0.2) is 26.5 Å². The van der Waals surface area contributed by atoms with Crippen LogP contribution in [0.5, 0.6) is 0 Å². The molecule has 2 aliphatic rings. The lowest BCUT2D eigenvalue weighted by molar-refractivity contribution is 0.600. The van der Waals surface area contributed by atoms with Gasteiger partial charge in [-0.05, 0) is 73.9 Å². The van der Waals surface area contributed by atoms with E-state index in [1.54, 1.807) is 12.3 Å². The molecule has 0 amide bonds. The second kappa shape index (κ2) is 7.89. The molecule has 1 aliphatic carbocycles. The number of nitrogens with one attached hydrogen (secondary N) is 1. The summed E-state index contributed by atoms with van der Waals surface area (Å²) in [6.45, 7) is 2.04. The van der Waals surface area contributed by atoms with Crippen molar-refractivity contribution < 1.29 is 8.42 Å². The minimum absolute atomic E-state index is 0.333. The normalized spacial score (nSPS) is 17.9. The Morgan fingerprint density at radius 3 is 2.30 bits per heavy atom. The Labute approximate surface area is 161 Å². The van der Waals surface area contributed by atoms with Crippen molar-refractivity contribution in [3.8, 4) is 0 Å². The Kier molecular flexibility index (Phi) is 5.34. The molecule has 5 nitrogen and oxygen atoms in total. The highest BCUT2D eigenvalue weighted by Crippen LogP contribution is 2.26. The molecule has 1 saturated heterocycles. The molecule has 0 spiro atoms. The Hall–Kier alpha value is -2.08. The second-order valence-electron chi connectivity index (χ2n) is 7.55. The number of anilines is 2. The van der Waals surface area contributed by atoms with Crippen molar-refractivity contribution in [3.63, 3.8) is 0 Å². The first kappa shape index (κ1) is 18.3. The lowest BCUT2D eigenvalue weighted by Crippen LogP contribution is -2.24. The molecule has 1 aromatic heterocycles. The molecular formula is C21H27N3O2S. The maximum Gasteiger partial charge on any atom is 0.261 e. The lowest BCUT2D eigenvalue weighted by Gasteiger charge is -2.21. The van der Waals surface area contributed by atoms with Crippen LogP contribution in [0.25, 0.3) is 0 Å². The van der Waals surface area contributed by atoms with Crippen LogP contribution in [0.4, 0.5) is 11.5 Å². The average molecular weight is 386 g/mol. The maximum absolute atomic E-state index is 12.8. The van der Waals surface area contributed by atoms with Crippen LogP contribution < -0.4 is 9.62 Å². The Morgan fingerprint density at radius 2 is 1.59 bits per heavy atom. The first-order valence-electron chi connectivity index (χ1n) is 9.97. The lowest BCUT2D eigenvalue weighted by atomic mass is 9.92. The summed E-state index contributed by atoms with van der Waals surface area (Å²) >= 11 is 0. The van der Waals surface area contributed by atoms with Crippen LogP contribution in [0.2, 0.25) is 0 Å². The molecule has 27 heavy (non-hydrogen) atoms. The summed E-state index contributed by atoms with van der Waals surface area (Å²) in [6, 6.07) is 9.23. The number of benzene rings is 1. The number of rotatable bonds is 4. The van der Waals surface area contributed by atoms with E-state index >= 15 is 0 Å². The van der Waals surface area contributed by atoms with Gasteiger partial charge in [-0.25, -0.2) is 13.4 Å². The molecule has 1 aliphatic heterocycles. The third kappa shape index (κ3) is 4.26. The fraction of sp³-hybridized carbons (Fsp3) is 0.476. The smallest absolute Gasteiger partial charge is 0.261 e. The van der Waals surface area contributed by atoms with Crippen molar-refractivity contribution in [2.45, 2.75) is 56.3 Å². The fourth-order valence-electron chi connectivity index (χ4n) is 4.02. The molecule has 1 aromatic carbocycles. The molecule has 2 heterocycles. The first-order chi connectivity index (χ1) is 13.1. The number of pyridine rings is 1. The van der Waals surface area contributed by atoms with E-state index in [1.807, 2.05) is 24.3 Å². The molecule has 6 heteroatoms. The van der Waals surface area contributed by atoms with Crippen LogP contribution in [0.1, 0.15) is 49.7 Å². The van der Waals surface area contributed by atoms with Gasteiger partial charge in [-0.15, -0.1) is 0 Å². The van der Waals surface area contributed by atoms with Crippen LogP contribution in [0.3, 0.4) is 0 Å². The minimum atomic E-state index is -3.59. The van der Waals surface area contributed by atoms with Gasteiger partial charge >= 0.3 is 0 Å². The van der Waals surface area contributed by atoms with E-state index in [4.69, 9.17) is 0 Å². The van der Waals surface area contributed by atoms with Gasteiger partial charge in [0.1, 0.15) is 5.82 Å². The number of hydrogen-bond acceptors (Lipinski definition) is 4. The molecule has 0 atom stereocenters. The van der Waals surface area contributed by atoms with E-state index in [2.05, 4.69) is 14.6 Å². The van der Waals surface area contributed by atoms with E-state index in [-0.39, 0.29) is 0 Å². The van der Waals surface area contributed by atoms with Gasteiger partial charge in [0.15, 0.2) is 0 Å². The van der Waals surface area contributed by atoms with Gasteiger partial charge in [-0.2, -0.15) is 0 Å². The third-order valence-electron chi connectivity index (χ3n) is 5.56. The summed E-state index contributed by atoms with van der Waals surface area (Å²) in [5.74, 6) is 0.925. The topological polar surface area (TPSA) is 62.3 Å². The minimum Gasteiger partial charge on any atom is -0.357 e. The molecule has 2 aromatic rings. The Bertz CT molecular complexity index is 886. The van der Waals surface area contributed by atoms with Crippen molar-refractivity contribution in [1.29, 1.82) is 0 Å². The number of aryl methyl sites for hydroxylation is 2. The summed E-state index contributed by atoms with van der Waals surface area (Å²) in [5, 5.41) is 0. The predicted molar refractivity (Wildman–Crippen MR) is 109 cm³/mol. The maximum atomic E-state index is 12.8. The summed E-state index contributed by atoms with van der Waals surface area (Å²) in [6.07, 6.45) is 10.9. The number of fused-ring (bicyclic) bond motifs is 1. The Balaban J connectivity index is 1.49. The summed E-state index contributed by atoms with van der Waals surface area (Å²) in [7, 11) is -3.59. The Morgan fingerprint density at radius 1 is 0.852 bits per heavy atom. The third-order valence-corrected chi connectivity index (χ3v) is 6.94. The highest BCUT2D eigenvalue weighted by molar-refractivity contribution is 7.92. The second-order valence-corrected chi connectivity index (χ2v) is 9.23. The zero-order valence-corrected chi connectivity index (χ0v) is 16.5. The van der Waals surface area contributed by atoms with Crippen LogP contribution >= 0.6 is 0 Å². The van der Waals surface area contributed by atoms with Gasteiger partial charge in [0.05, 0.1) is 16.8 Å². The summed E-state index contributed by atoms with van der Waals surface area (Å²) < 4.78 is 28.2. The van der Waals surface area contributed by atoms with Crippen molar-refractivity contribution >= 4 is 21.5 Å². The van der Waals surface area contributed by atoms with E-state index in [0.29, 0.717) is 10.6 Å². The molecular weight excluding hydrogens is 358 g/mol. The molecule has 0 radical (unpaired) electrons. The standard InChI is InChI=1S/C21H27N3O2S/c25-27(26,20-11-9-17-7-3-4-8-18(17)15-20)23-19-10-12-21(22-16-19)24-13-5-1-2-6-14-24/h9-12,15-16,23H,1-8,13-14H2. The summed E-state index contributed by atoms with van der Waals surface area (Å²) in [4.78, 5) is 7.11. The monoisotopic (exact) mass is 385 g/mol. The van der Waals surface area contributed by atoms with E-state index < -0.39 is 10.0 Å². The summed E-state index contributed by atoms with van der Waals surface area (Å²) in [5.41, 5.74) is 2.95. The highest BCUT2D eigenvalue weighted by Gasteiger charge is 2.18. The number of nitrogens with zero attached hydrogens (tertiary/aromatic N) is 2. The molecule has 0 bridgehead atoms. The van der Waals surface area contributed by atoms with Gasteiger partial charge < -0.3 is 4.90 Å². The van der Waals surface area contributed by atoms with Crippen molar-refractivity contribution in [2.24, 2.45) is 0 Å². The molecule has 0 unspecified atom stereocenters. The molecule has 144 valence electrons. The average Bonchev–Trinajstić information content (AvgIpc) is 2.97. The van der Waals surface area contributed by atoms with Crippen molar-refractivity contribution in [2.75, 3.05) is 22.7 Å². The quantitative estimate of drug-likeness (QED) is 0.859. The molecule has 4 rings (SSSR count). The van der Waals surface area contributed by atoms with Gasteiger partial charge in [0.25, 0.3) is 10.0 Å². The molecule has 1 N–H and O–H groups in total. The number of sulfonamides is 1. The predicted octanol–water partition coefficient (Wildman–Crippen LogP) is 4.14.